The average Bonchev–Trinajstić information content (AvgIpc) is 1.98. The summed E-state index contributed by atoms with van der Waals surface area (Å²) in [5.74, 6) is 0.352. The van der Waals surface area contributed by atoms with Crippen LogP contribution in [0.2, 0.25) is 4.51 Å². The van der Waals surface area contributed by atoms with Crippen molar-refractivity contribution < 1.29 is 23.1 Å². The van der Waals surface area contributed by atoms with Crippen LogP contribution in [0.3, 0.4) is 0 Å². The molecule has 1 amide bonds. The van der Waals surface area contributed by atoms with E-state index in [2.05, 4.69) is 0 Å². The molecule has 0 aromatic heterocycles. The molecule has 0 spiro atoms. The summed E-state index contributed by atoms with van der Waals surface area (Å²) in [6.07, 6.45) is 1.09. The van der Waals surface area contributed by atoms with Gasteiger partial charge in [-0.25, -0.2) is 0 Å². The van der Waals surface area contributed by atoms with Gasteiger partial charge in [0.2, 0.25) is 0 Å². The summed E-state index contributed by atoms with van der Waals surface area (Å²) < 4.78 is 0.403. The van der Waals surface area contributed by atoms with Gasteiger partial charge >= 0.3 is 58.4 Å². The molecule has 0 radical (unpaired) electrons. The van der Waals surface area contributed by atoms with Crippen molar-refractivity contribution in [1.82, 2.24) is 4.90 Å². The van der Waals surface area contributed by atoms with Crippen LogP contribution >= 0.6 is 0 Å². The van der Waals surface area contributed by atoms with Crippen molar-refractivity contribution in [2.75, 3.05) is 13.6 Å². The second-order valence-electron chi connectivity index (χ2n) is 2.25. The van der Waals surface area contributed by atoms with E-state index in [-0.39, 0.29) is 0 Å². The number of nitrogens with zero attached hydrogens (tertiary/aromatic N) is 1. The first-order chi connectivity index (χ1) is 3.72. The van der Waals surface area contributed by atoms with Gasteiger partial charge in [-0.05, 0) is 0 Å². The van der Waals surface area contributed by atoms with Crippen molar-refractivity contribution in [3.05, 3.63) is 0 Å². The monoisotopic (exact) mass is 162 g/mol. The van der Waals surface area contributed by atoms with Crippen molar-refractivity contribution >= 4 is 5.91 Å². The summed E-state index contributed by atoms with van der Waals surface area (Å²) in [7, 11) is 1.87. The molecular formula is C5H8NOZn. The Balaban J connectivity index is 2.57. The van der Waals surface area contributed by atoms with Crippen molar-refractivity contribution in [2.45, 2.75) is 10.9 Å². The SMILES string of the molecule is CN1CC[CH]([Zn])C1=O. The van der Waals surface area contributed by atoms with Crippen LogP contribution in [0.25, 0.3) is 0 Å². The van der Waals surface area contributed by atoms with Gasteiger partial charge in [-0.15, -0.1) is 0 Å². The second kappa shape index (κ2) is 2.14. The summed E-state index contributed by atoms with van der Waals surface area (Å²) in [6, 6.07) is 0. The summed E-state index contributed by atoms with van der Waals surface area (Å²) in [5, 5.41) is 0. The number of carbonyl (C=O) groups excluding carboxylic acids is 1. The van der Waals surface area contributed by atoms with Crippen LogP contribution in [0.4, 0.5) is 0 Å². The fourth-order valence-electron chi connectivity index (χ4n) is 0.895. The van der Waals surface area contributed by atoms with Gasteiger partial charge in [0.05, 0.1) is 0 Å². The summed E-state index contributed by atoms with van der Waals surface area (Å²) >= 11 is 1.13. The van der Waals surface area contributed by atoms with Gasteiger partial charge in [-0.2, -0.15) is 0 Å². The Morgan fingerprint density at radius 3 is 2.62 bits per heavy atom. The first-order valence-electron chi connectivity index (χ1n) is 2.80. The molecule has 1 rings (SSSR count). The minimum absolute atomic E-state index is 0.352. The van der Waals surface area contributed by atoms with Crippen LogP contribution in [0.5, 0.6) is 0 Å². The number of hydrogen-bond acceptors (Lipinski definition) is 1. The van der Waals surface area contributed by atoms with E-state index in [9.17, 15) is 4.79 Å². The standard InChI is InChI=1S/C5H8NO.Zn/c1-6-4-2-3-5(6)7;/h3H,2,4H2,1H3;. The molecular weight excluding hydrogens is 155 g/mol. The number of rotatable bonds is 0. The minimum atomic E-state index is 0.352. The summed E-state index contributed by atoms with van der Waals surface area (Å²) in [4.78, 5) is 12.7. The molecule has 0 aromatic rings. The molecule has 0 saturated carbocycles. The third kappa shape index (κ3) is 0.922. The second-order valence-corrected chi connectivity index (χ2v) is 4.31. The topological polar surface area (TPSA) is 20.3 Å². The Kier molecular flexibility index (Phi) is 1.66. The molecule has 0 N–H and O–H groups in total. The van der Waals surface area contributed by atoms with Gasteiger partial charge in [0.25, 0.3) is 0 Å². The fourth-order valence-corrected chi connectivity index (χ4v) is 1.93. The Bertz CT molecular complexity index is 103. The molecule has 0 aliphatic carbocycles. The van der Waals surface area contributed by atoms with Crippen LogP contribution in [0, 0.1) is 0 Å². The number of likely N-dealkylation sites (tertiary alicyclic amines) is 1. The molecule has 1 aliphatic rings. The van der Waals surface area contributed by atoms with Gasteiger partial charge < -0.3 is 0 Å². The quantitative estimate of drug-likeness (QED) is 0.467. The van der Waals surface area contributed by atoms with E-state index in [0.29, 0.717) is 10.4 Å². The molecule has 3 heteroatoms. The molecule has 1 saturated heterocycles. The zero-order valence-corrected chi connectivity index (χ0v) is 8.02. The molecule has 41 valence electrons. The molecule has 0 aromatic carbocycles. The molecule has 1 unspecified atom stereocenters. The Morgan fingerprint density at radius 2 is 2.50 bits per heavy atom. The number of hydrogen-bond donors (Lipinski definition) is 0. The third-order valence-corrected chi connectivity index (χ3v) is 3.13. The average molecular weight is 164 g/mol. The van der Waals surface area contributed by atoms with E-state index >= 15 is 0 Å². The van der Waals surface area contributed by atoms with Crippen LogP contribution in [0.1, 0.15) is 6.42 Å². The van der Waals surface area contributed by atoms with E-state index in [0.717, 1.165) is 31.3 Å². The molecule has 1 fully saturated rings. The maximum atomic E-state index is 10.9. The number of amides is 1. The van der Waals surface area contributed by atoms with Gasteiger partial charge in [0.1, 0.15) is 0 Å². The summed E-state index contributed by atoms with van der Waals surface area (Å²) in [5.41, 5.74) is 0. The van der Waals surface area contributed by atoms with Gasteiger partial charge in [-0.3, -0.25) is 0 Å². The first kappa shape index (κ1) is 6.22. The molecule has 2 nitrogen and oxygen atoms in total. The number of carbonyl (C=O) groups is 1. The molecule has 8 heavy (non-hydrogen) atoms. The normalized spacial score (nSPS) is 29.6. The van der Waals surface area contributed by atoms with Crippen LogP contribution < -0.4 is 0 Å². The maximum absolute atomic E-state index is 10.9. The van der Waals surface area contributed by atoms with Gasteiger partial charge in [-0.1, -0.05) is 0 Å². The van der Waals surface area contributed by atoms with E-state index in [4.69, 9.17) is 0 Å². The van der Waals surface area contributed by atoms with Crippen molar-refractivity contribution in [3.63, 3.8) is 0 Å². The van der Waals surface area contributed by atoms with Crippen LogP contribution in [-0.2, 0) is 23.1 Å². The van der Waals surface area contributed by atoms with E-state index in [1.807, 2.05) is 11.9 Å². The fraction of sp³-hybridized carbons (Fsp3) is 0.800. The van der Waals surface area contributed by atoms with Gasteiger partial charge in [0.15, 0.2) is 0 Å². The third-order valence-electron chi connectivity index (χ3n) is 1.54. The first-order valence-corrected chi connectivity index (χ1v) is 4.51. The Morgan fingerprint density at radius 1 is 1.88 bits per heavy atom. The zero-order valence-electron chi connectivity index (χ0n) is 5.05. The van der Waals surface area contributed by atoms with Crippen molar-refractivity contribution in [1.29, 1.82) is 0 Å². The van der Waals surface area contributed by atoms with Crippen LogP contribution in [0.15, 0.2) is 0 Å². The molecule has 1 heterocycles. The molecule has 0 bridgehead atoms. The van der Waals surface area contributed by atoms with E-state index in [1.54, 1.807) is 0 Å². The Labute approximate surface area is 58.9 Å². The van der Waals surface area contributed by atoms with E-state index < -0.39 is 0 Å². The predicted octanol–water partition coefficient (Wildman–Crippen LogP) is 0.184. The van der Waals surface area contributed by atoms with Crippen molar-refractivity contribution in [3.8, 4) is 0 Å². The Hall–Kier alpha value is 0.0934. The van der Waals surface area contributed by atoms with Crippen LogP contribution in [-0.4, -0.2) is 24.4 Å². The zero-order chi connectivity index (χ0) is 6.15. The molecule has 1 atom stereocenters. The van der Waals surface area contributed by atoms with Crippen molar-refractivity contribution in [2.24, 2.45) is 0 Å². The molecule has 1 aliphatic heterocycles. The predicted molar refractivity (Wildman–Crippen MR) is 26.0 cm³/mol. The summed E-state index contributed by atoms with van der Waals surface area (Å²) in [6.45, 7) is 0.976. The van der Waals surface area contributed by atoms with Gasteiger partial charge in [0, 0.05) is 0 Å². The van der Waals surface area contributed by atoms with E-state index in [1.165, 1.54) is 0 Å².